The highest BCUT2D eigenvalue weighted by molar-refractivity contribution is 7.71. The van der Waals surface area contributed by atoms with Crippen LogP contribution in [-0.4, -0.2) is 30.1 Å². The average molecular weight is 272 g/mol. The van der Waals surface area contributed by atoms with Gasteiger partial charge in [0.2, 0.25) is 0 Å². The first-order chi connectivity index (χ1) is 8.17. The molecule has 0 amide bonds. The highest BCUT2D eigenvalue weighted by atomic mass is 32.1. The minimum Gasteiger partial charge on any atom is -0.354 e. The topological polar surface area (TPSA) is 56.2 Å². The van der Waals surface area contributed by atoms with Crippen molar-refractivity contribution in [3.63, 3.8) is 0 Å². The Kier molecular flexibility index (Phi) is 3.72. The van der Waals surface area contributed by atoms with Crippen molar-refractivity contribution in [1.29, 1.82) is 0 Å². The Balaban J connectivity index is 2.53. The number of nitrogens with one attached hydrogen (secondary N) is 1. The SMILES string of the molecule is COC(Cn1c(=S)[nH]c2ccsc2c1=O)OC. The van der Waals surface area contributed by atoms with E-state index in [9.17, 15) is 4.79 Å². The summed E-state index contributed by atoms with van der Waals surface area (Å²) in [5.41, 5.74) is 0.658. The van der Waals surface area contributed by atoms with Gasteiger partial charge in [-0.3, -0.25) is 9.36 Å². The average Bonchev–Trinajstić information content (AvgIpc) is 2.77. The second-order valence-corrected chi connectivity index (χ2v) is 4.71. The van der Waals surface area contributed by atoms with Gasteiger partial charge in [0.05, 0.1) is 12.1 Å². The molecule has 0 aliphatic carbocycles. The summed E-state index contributed by atoms with van der Waals surface area (Å²) in [6, 6.07) is 1.84. The van der Waals surface area contributed by atoms with E-state index in [4.69, 9.17) is 21.7 Å². The zero-order valence-corrected chi connectivity index (χ0v) is 11.1. The maximum Gasteiger partial charge on any atom is 0.272 e. The maximum atomic E-state index is 12.2. The predicted molar refractivity (Wildman–Crippen MR) is 69.1 cm³/mol. The summed E-state index contributed by atoms with van der Waals surface area (Å²) < 4.78 is 12.6. The van der Waals surface area contributed by atoms with Crippen molar-refractivity contribution in [3.8, 4) is 0 Å². The molecule has 0 spiro atoms. The van der Waals surface area contributed by atoms with Crippen molar-refractivity contribution >= 4 is 33.8 Å². The Morgan fingerprint density at radius 2 is 2.24 bits per heavy atom. The van der Waals surface area contributed by atoms with E-state index in [0.717, 1.165) is 5.52 Å². The smallest absolute Gasteiger partial charge is 0.272 e. The summed E-state index contributed by atoms with van der Waals surface area (Å²) in [4.78, 5) is 15.2. The van der Waals surface area contributed by atoms with Gasteiger partial charge < -0.3 is 14.5 Å². The van der Waals surface area contributed by atoms with Crippen LogP contribution >= 0.6 is 23.6 Å². The molecule has 0 unspecified atom stereocenters. The standard InChI is InChI=1S/C10H12N2O3S2/c1-14-7(15-2)5-12-9(13)8-6(3-4-17-8)11-10(12)16/h3-4,7H,5H2,1-2H3,(H,11,16). The lowest BCUT2D eigenvalue weighted by Gasteiger charge is -2.14. The van der Waals surface area contributed by atoms with Gasteiger partial charge >= 0.3 is 0 Å². The third-order valence-corrected chi connectivity index (χ3v) is 3.67. The molecular weight excluding hydrogens is 260 g/mol. The van der Waals surface area contributed by atoms with Gasteiger partial charge in [0.15, 0.2) is 11.1 Å². The lowest BCUT2D eigenvalue weighted by atomic mass is 10.4. The Bertz CT molecular complexity index is 624. The molecule has 2 heterocycles. The van der Waals surface area contributed by atoms with E-state index >= 15 is 0 Å². The summed E-state index contributed by atoms with van der Waals surface area (Å²) in [5.74, 6) is 0. The van der Waals surface area contributed by atoms with E-state index in [-0.39, 0.29) is 12.1 Å². The van der Waals surface area contributed by atoms with Gasteiger partial charge in [-0.05, 0) is 23.7 Å². The number of aromatic amines is 1. The molecule has 0 bridgehead atoms. The van der Waals surface area contributed by atoms with Gasteiger partial charge in [-0.1, -0.05) is 0 Å². The molecule has 17 heavy (non-hydrogen) atoms. The van der Waals surface area contributed by atoms with E-state index in [0.29, 0.717) is 9.47 Å². The van der Waals surface area contributed by atoms with Crippen LogP contribution in [0.4, 0.5) is 0 Å². The molecule has 5 nitrogen and oxygen atoms in total. The van der Waals surface area contributed by atoms with Crippen LogP contribution in [0.1, 0.15) is 0 Å². The molecule has 2 aromatic heterocycles. The number of ether oxygens (including phenoxy) is 2. The molecule has 0 saturated heterocycles. The van der Waals surface area contributed by atoms with E-state index in [1.807, 2.05) is 11.4 Å². The van der Waals surface area contributed by atoms with Crippen LogP contribution in [0, 0.1) is 4.77 Å². The predicted octanol–water partition coefficient (Wildman–Crippen LogP) is 1.74. The highest BCUT2D eigenvalue weighted by Gasteiger charge is 2.11. The zero-order chi connectivity index (χ0) is 12.4. The van der Waals surface area contributed by atoms with Gasteiger partial charge in [0, 0.05) is 14.2 Å². The molecule has 2 aromatic rings. The zero-order valence-electron chi connectivity index (χ0n) is 9.43. The van der Waals surface area contributed by atoms with Crippen LogP contribution in [0.3, 0.4) is 0 Å². The molecule has 92 valence electrons. The normalized spacial score (nSPS) is 11.5. The van der Waals surface area contributed by atoms with Gasteiger partial charge in [-0.15, -0.1) is 11.3 Å². The van der Waals surface area contributed by atoms with Gasteiger partial charge in [-0.2, -0.15) is 0 Å². The van der Waals surface area contributed by atoms with Crippen molar-refractivity contribution in [3.05, 3.63) is 26.6 Å². The van der Waals surface area contributed by atoms with Crippen LogP contribution in [0.15, 0.2) is 16.2 Å². The Hall–Kier alpha value is -1.02. The second-order valence-electron chi connectivity index (χ2n) is 3.41. The number of methoxy groups -OCH3 is 2. The number of thiophene rings is 1. The summed E-state index contributed by atoms with van der Waals surface area (Å²) >= 11 is 6.53. The van der Waals surface area contributed by atoms with Crippen molar-refractivity contribution < 1.29 is 9.47 Å². The van der Waals surface area contributed by atoms with E-state index in [1.165, 1.54) is 30.1 Å². The number of fused-ring (bicyclic) bond motifs is 1. The van der Waals surface area contributed by atoms with Gasteiger partial charge in [0.1, 0.15) is 4.70 Å². The van der Waals surface area contributed by atoms with Gasteiger partial charge in [0.25, 0.3) is 5.56 Å². The number of nitrogens with zero attached hydrogens (tertiary/aromatic N) is 1. The molecule has 0 aliphatic rings. The lowest BCUT2D eigenvalue weighted by Crippen LogP contribution is -2.29. The third-order valence-electron chi connectivity index (χ3n) is 2.45. The number of aromatic nitrogens is 2. The maximum absolute atomic E-state index is 12.2. The molecular formula is C10H12N2O3S2. The van der Waals surface area contributed by atoms with Crippen LogP contribution in [0.25, 0.3) is 10.2 Å². The Labute approximate surface area is 107 Å². The van der Waals surface area contributed by atoms with Crippen LogP contribution < -0.4 is 5.56 Å². The van der Waals surface area contributed by atoms with E-state index < -0.39 is 6.29 Å². The van der Waals surface area contributed by atoms with Crippen molar-refractivity contribution in [1.82, 2.24) is 9.55 Å². The first kappa shape index (κ1) is 12.4. The second kappa shape index (κ2) is 5.09. The minimum atomic E-state index is -0.486. The number of rotatable bonds is 4. The Morgan fingerprint density at radius 3 is 2.88 bits per heavy atom. The molecule has 7 heteroatoms. The lowest BCUT2D eigenvalue weighted by molar-refractivity contribution is -0.111. The summed E-state index contributed by atoms with van der Waals surface area (Å²) in [6.45, 7) is 0.273. The molecule has 0 atom stereocenters. The highest BCUT2D eigenvalue weighted by Crippen LogP contribution is 2.14. The van der Waals surface area contributed by atoms with Crippen molar-refractivity contribution in [2.75, 3.05) is 14.2 Å². The largest absolute Gasteiger partial charge is 0.354 e. The monoisotopic (exact) mass is 272 g/mol. The van der Waals surface area contributed by atoms with Crippen molar-refractivity contribution in [2.45, 2.75) is 12.8 Å². The summed E-state index contributed by atoms with van der Waals surface area (Å²) in [6.07, 6.45) is -0.486. The van der Waals surface area contributed by atoms with Gasteiger partial charge in [-0.25, -0.2) is 0 Å². The molecule has 0 aromatic carbocycles. The fourth-order valence-corrected chi connectivity index (χ4v) is 2.60. The quantitative estimate of drug-likeness (QED) is 0.680. The summed E-state index contributed by atoms with van der Waals surface area (Å²) in [7, 11) is 3.05. The molecule has 0 radical (unpaired) electrons. The van der Waals surface area contributed by atoms with E-state index in [2.05, 4.69) is 4.98 Å². The van der Waals surface area contributed by atoms with E-state index in [1.54, 1.807) is 0 Å². The summed E-state index contributed by atoms with van der Waals surface area (Å²) in [5, 5.41) is 1.85. The molecule has 0 saturated carbocycles. The fraction of sp³-hybridized carbons (Fsp3) is 0.400. The molecule has 2 rings (SSSR count). The minimum absolute atomic E-state index is 0.113. The number of hydrogen-bond donors (Lipinski definition) is 1. The first-order valence-corrected chi connectivity index (χ1v) is 6.22. The van der Waals surface area contributed by atoms with Crippen molar-refractivity contribution in [2.24, 2.45) is 0 Å². The first-order valence-electron chi connectivity index (χ1n) is 4.93. The molecule has 0 fully saturated rings. The molecule has 0 aliphatic heterocycles. The number of hydrogen-bond acceptors (Lipinski definition) is 5. The van der Waals surface area contributed by atoms with Crippen LogP contribution in [0.2, 0.25) is 0 Å². The molecule has 1 N–H and O–H groups in total. The fourth-order valence-electron chi connectivity index (χ4n) is 1.53. The number of H-pyrrole nitrogens is 1. The Morgan fingerprint density at radius 1 is 1.53 bits per heavy atom. The third kappa shape index (κ3) is 2.32. The van der Waals surface area contributed by atoms with Crippen LogP contribution in [-0.2, 0) is 16.0 Å². The van der Waals surface area contributed by atoms with Crippen LogP contribution in [0.5, 0.6) is 0 Å².